The molecule has 18 heavy (non-hydrogen) atoms. The number of pyridine rings is 1. The summed E-state index contributed by atoms with van der Waals surface area (Å²) in [5.41, 5.74) is 3.09. The van der Waals surface area contributed by atoms with Crippen LogP contribution >= 0.6 is 0 Å². The molecule has 0 bridgehead atoms. The van der Waals surface area contributed by atoms with Crippen molar-refractivity contribution < 1.29 is 4.74 Å². The van der Waals surface area contributed by atoms with Crippen LogP contribution in [0.25, 0.3) is 0 Å². The van der Waals surface area contributed by atoms with Crippen molar-refractivity contribution in [2.75, 3.05) is 7.11 Å². The van der Waals surface area contributed by atoms with Gasteiger partial charge in [-0.3, -0.25) is 9.98 Å². The summed E-state index contributed by atoms with van der Waals surface area (Å²) >= 11 is 0. The van der Waals surface area contributed by atoms with Crippen molar-refractivity contribution in [3.8, 4) is 5.75 Å². The Kier molecular flexibility index (Phi) is 4.07. The lowest BCUT2D eigenvalue weighted by atomic mass is 10.2. The second kappa shape index (κ2) is 5.96. The van der Waals surface area contributed by atoms with Gasteiger partial charge in [-0.2, -0.15) is 0 Å². The molecule has 0 radical (unpaired) electrons. The van der Waals surface area contributed by atoms with Gasteiger partial charge in [0, 0.05) is 18.0 Å². The molecule has 1 aromatic heterocycles. The van der Waals surface area contributed by atoms with Gasteiger partial charge in [-0.15, -0.1) is 0 Å². The second-order valence-electron chi connectivity index (χ2n) is 4.04. The molecule has 0 amide bonds. The molecule has 0 aliphatic heterocycles. The number of ether oxygens (including phenoxy) is 1. The van der Waals surface area contributed by atoms with E-state index in [9.17, 15) is 0 Å². The fourth-order valence-electron chi connectivity index (χ4n) is 1.63. The average molecular weight is 240 g/mol. The van der Waals surface area contributed by atoms with Crippen molar-refractivity contribution >= 4 is 6.21 Å². The van der Waals surface area contributed by atoms with Crippen LogP contribution in [0.1, 0.15) is 16.8 Å². The molecule has 0 aliphatic carbocycles. The minimum atomic E-state index is 0.597. The van der Waals surface area contributed by atoms with E-state index in [-0.39, 0.29) is 0 Å². The Labute approximate surface area is 107 Å². The second-order valence-corrected chi connectivity index (χ2v) is 4.04. The van der Waals surface area contributed by atoms with Gasteiger partial charge in [0.25, 0.3) is 0 Å². The maximum atomic E-state index is 5.27. The number of hydrogen-bond donors (Lipinski definition) is 0. The van der Waals surface area contributed by atoms with Gasteiger partial charge < -0.3 is 4.74 Å². The number of aromatic nitrogens is 1. The molecule has 0 unspecified atom stereocenters. The predicted molar refractivity (Wildman–Crippen MR) is 73.3 cm³/mol. The summed E-state index contributed by atoms with van der Waals surface area (Å²) in [7, 11) is 1.67. The number of hydrogen-bond acceptors (Lipinski definition) is 3. The van der Waals surface area contributed by atoms with Crippen molar-refractivity contribution in [2.45, 2.75) is 13.5 Å². The van der Waals surface area contributed by atoms with Crippen molar-refractivity contribution in [3.05, 3.63) is 59.4 Å². The number of nitrogens with zero attached hydrogens (tertiary/aromatic N) is 2. The lowest BCUT2D eigenvalue weighted by Gasteiger charge is -2.04. The summed E-state index contributed by atoms with van der Waals surface area (Å²) in [4.78, 5) is 8.65. The maximum Gasteiger partial charge on any atom is 0.123 e. The minimum Gasteiger partial charge on any atom is -0.496 e. The van der Waals surface area contributed by atoms with Gasteiger partial charge in [0.2, 0.25) is 0 Å². The molecule has 1 heterocycles. The number of aryl methyl sites for hydroxylation is 1. The number of methoxy groups -OCH3 is 1. The standard InChI is InChI=1S/C15H16N2O/c1-12-7-8-14(17-9-12)11-16-10-13-5-3-4-6-15(13)18-2/h3-9,11H,10H2,1-2H3. The molecule has 2 aromatic rings. The monoisotopic (exact) mass is 240 g/mol. The van der Waals surface area contributed by atoms with E-state index < -0.39 is 0 Å². The summed E-state index contributed by atoms with van der Waals surface area (Å²) < 4.78 is 5.27. The maximum absolute atomic E-state index is 5.27. The minimum absolute atomic E-state index is 0.597. The lowest BCUT2D eigenvalue weighted by molar-refractivity contribution is 0.410. The molecule has 3 heteroatoms. The summed E-state index contributed by atoms with van der Waals surface area (Å²) in [6.45, 7) is 2.61. The van der Waals surface area contributed by atoms with E-state index in [1.807, 2.05) is 49.5 Å². The molecule has 0 aliphatic rings. The number of para-hydroxylation sites is 1. The average Bonchev–Trinajstić information content (AvgIpc) is 2.41. The van der Waals surface area contributed by atoms with Crippen LogP contribution in [0.15, 0.2) is 47.6 Å². The Morgan fingerprint density at radius 1 is 1.22 bits per heavy atom. The van der Waals surface area contributed by atoms with Crippen molar-refractivity contribution in [3.63, 3.8) is 0 Å². The third-order valence-corrected chi connectivity index (χ3v) is 2.61. The van der Waals surface area contributed by atoms with Crippen LogP contribution in [0.4, 0.5) is 0 Å². The number of rotatable bonds is 4. The third-order valence-electron chi connectivity index (χ3n) is 2.61. The normalized spacial score (nSPS) is 10.8. The SMILES string of the molecule is COc1ccccc1CN=Cc1ccc(C)cn1. The molecule has 0 atom stereocenters. The van der Waals surface area contributed by atoms with E-state index >= 15 is 0 Å². The lowest BCUT2D eigenvalue weighted by Crippen LogP contribution is -1.92. The van der Waals surface area contributed by atoms with E-state index in [0.717, 1.165) is 22.6 Å². The van der Waals surface area contributed by atoms with E-state index in [0.29, 0.717) is 6.54 Å². The van der Waals surface area contributed by atoms with Crippen LogP contribution in [0, 0.1) is 6.92 Å². The summed E-state index contributed by atoms with van der Waals surface area (Å²) in [5.74, 6) is 0.867. The topological polar surface area (TPSA) is 34.5 Å². The summed E-state index contributed by atoms with van der Waals surface area (Å²) in [6.07, 6.45) is 3.62. The van der Waals surface area contributed by atoms with E-state index in [2.05, 4.69) is 9.98 Å². The predicted octanol–water partition coefficient (Wildman–Crippen LogP) is 3.02. The molecular weight excluding hydrogens is 224 g/mol. The quantitative estimate of drug-likeness (QED) is 0.770. The van der Waals surface area contributed by atoms with E-state index in [1.165, 1.54) is 0 Å². The van der Waals surface area contributed by atoms with Gasteiger partial charge in [0.1, 0.15) is 5.75 Å². The summed E-state index contributed by atoms with van der Waals surface area (Å²) in [5, 5.41) is 0. The largest absolute Gasteiger partial charge is 0.496 e. The van der Waals surface area contributed by atoms with Crippen molar-refractivity contribution in [2.24, 2.45) is 4.99 Å². The first kappa shape index (κ1) is 12.3. The van der Waals surface area contributed by atoms with Crippen LogP contribution in [0.5, 0.6) is 5.75 Å². The Morgan fingerprint density at radius 3 is 2.78 bits per heavy atom. The van der Waals surface area contributed by atoms with E-state index in [4.69, 9.17) is 4.74 Å². The highest BCUT2D eigenvalue weighted by molar-refractivity contribution is 5.76. The molecule has 0 saturated heterocycles. The first-order chi connectivity index (χ1) is 8.79. The van der Waals surface area contributed by atoms with Gasteiger partial charge in [0.05, 0.1) is 19.3 Å². The van der Waals surface area contributed by atoms with Crippen molar-refractivity contribution in [1.29, 1.82) is 0 Å². The first-order valence-electron chi connectivity index (χ1n) is 5.84. The Morgan fingerprint density at radius 2 is 2.06 bits per heavy atom. The van der Waals surface area contributed by atoms with E-state index in [1.54, 1.807) is 13.3 Å². The molecule has 2 rings (SSSR count). The molecule has 0 N–H and O–H groups in total. The smallest absolute Gasteiger partial charge is 0.123 e. The van der Waals surface area contributed by atoms with Gasteiger partial charge in [0.15, 0.2) is 0 Å². The molecule has 92 valence electrons. The van der Waals surface area contributed by atoms with Crippen LogP contribution in [-0.4, -0.2) is 18.3 Å². The van der Waals surface area contributed by atoms with Crippen LogP contribution < -0.4 is 4.74 Å². The third kappa shape index (κ3) is 3.17. The molecule has 0 fully saturated rings. The zero-order valence-electron chi connectivity index (χ0n) is 10.6. The highest BCUT2D eigenvalue weighted by atomic mass is 16.5. The van der Waals surface area contributed by atoms with Crippen molar-refractivity contribution in [1.82, 2.24) is 4.98 Å². The van der Waals surface area contributed by atoms with Crippen LogP contribution in [-0.2, 0) is 6.54 Å². The fourth-order valence-corrected chi connectivity index (χ4v) is 1.63. The van der Waals surface area contributed by atoms with Gasteiger partial charge in [-0.25, -0.2) is 0 Å². The molecule has 3 nitrogen and oxygen atoms in total. The Balaban J connectivity index is 2.05. The summed E-state index contributed by atoms with van der Waals surface area (Å²) in [6, 6.07) is 11.9. The Hall–Kier alpha value is -2.16. The van der Waals surface area contributed by atoms with Gasteiger partial charge in [-0.05, 0) is 24.6 Å². The van der Waals surface area contributed by atoms with Crippen LogP contribution in [0.3, 0.4) is 0 Å². The Bertz CT molecular complexity index is 532. The molecule has 1 aromatic carbocycles. The molecule has 0 spiro atoms. The zero-order valence-corrected chi connectivity index (χ0v) is 10.6. The van der Waals surface area contributed by atoms with Gasteiger partial charge in [-0.1, -0.05) is 24.3 Å². The molecular formula is C15H16N2O. The first-order valence-corrected chi connectivity index (χ1v) is 5.84. The molecule has 0 saturated carbocycles. The number of benzene rings is 1. The highest BCUT2D eigenvalue weighted by Gasteiger charge is 1.99. The zero-order chi connectivity index (χ0) is 12.8. The van der Waals surface area contributed by atoms with Gasteiger partial charge >= 0.3 is 0 Å². The highest BCUT2D eigenvalue weighted by Crippen LogP contribution is 2.17. The van der Waals surface area contributed by atoms with Crippen LogP contribution in [0.2, 0.25) is 0 Å². The fraction of sp³-hybridized carbons (Fsp3) is 0.200. The number of aliphatic imine (C=N–C) groups is 1.